The monoisotopic (exact) mass is 234 g/mol. The predicted molar refractivity (Wildman–Crippen MR) is 67.2 cm³/mol. The molecule has 92 valence electrons. The third-order valence-electron chi connectivity index (χ3n) is 2.66. The van der Waals surface area contributed by atoms with Gasteiger partial charge in [-0.3, -0.25) is 4.79 Å². The Labute approximate surface area is 101 Å². The van der Waals surface area contributed by atoms with Crippen molar-refractivity contribution in [2.45, 2.75) is 12.8 Å². The molecule has 2 N–H and O–H groups in total. The van der Waals surface area contributed by atoms with Crippen molar-refractivity contribution in [3.8, 4) is 5.75 Å². The lowest BCUT2D eigenvalue weighted by molar-refractivity contribution is -0.115. The molecular weight excluding hydrogens is 216 g/mol. The first-order valence-electron chi connectivity index (χ1n) is 5.95. The van der Waals surface area contributed by atoms with Crippen LogP contribution in [-0.4, -0.2) is 26.1 Å². The molecule has 1 aromatic carbocycles. The van der Waals surface area contributed by atoms with Crippen molar-refractivity contribution in [2.75, 3.05) is 25.5 Å². The lowest BCUT2D eigenvalue weighted by atomic mass is 10.3. The zero-order valence-corrected chi connectivity index (χ0v) is 10.0. The van der Waals surface area contributed by atoms with Crippen LogP contribution in [0, 0.1) is 5.92 Å². The van der Waals surface area contributed by atoms with E-state index in [1.807, 2.05) is 24.3 Å². The van der Waals surface area contributed by atoms with Gasteiger partial charge >= 0.3 is 0 Å². The van der Waals surface area contributed by atoms with Crippen LogP contribution in [0.5, 0.6) is 5.75 Å². The van der Waals surface area contributed by atoms with Gasteiger partial charge in [0.25, 0.3) is 0 Å². The number of anilines is 1. The van der Waals surface area contributed by atoms with Crippen molar-refractivity contribution in [1.82, 2.24) is 5.32 Å². The summed E-state index contributed by atoms with van der Waals surface area (Å²) in [4.78, 5) is 11.3. The standard InChI is InChI=1S/C13H18N2O2/c1-14-8-13(16)15-11-4-6-12(7-5-11)17-9-10-2-3-10/h4-7,10,14H,2-3,8-9H2,1H3,(H,15,16). The van der Waals surface area contributed by atoms with Crippen LogP contribution in [0.4, 0.5) is 5.69 Å². The van der Waals surface area contributed by atoms with E-state index >= 15 is 0 Å². The fraction of sp³-hybridized carbons (Fsp3) is 0.462. The molecule has 0 spiro atoms. The van der Waals surface area contributed by atoms with Gasteiger partial charge in [0.05, 0.1) is 13.2 Å². The van der Waals surface area contributed by atoms with Gasteiger partial charge in [-0.2, -0.15) is 0 Å². The molecule has 0 radical (unpaired) electrons. The summed E-state index contributed by atoms with van der Waals surface area (Å²) in [7, 11) is 1.74. The predicted octanol–water partition coefficient (Wildman–Crippen LogP) is 1.63. The molecule has 2 rings (SSSR count). The Kier molecular flexibility index (Phi) is 3.98. The van der Waals surface area contributed by atoms with Gasteiger partial charge in [-0.15, -0.1) is 0 Å². The van der Waals surface area contributed by atoms with Gasteiger partial charge in [0.2, 0.25) is 5.91 Å². The third kappa shape index (κ3) is 4.07. The van der Waals surface area contributed by atoms with Crippen molar-refractivity contribution in [3.63, 3.8) is 0 Å². The molecular formula is C13H18N2O2. The quantitative estimate of drug-likeness (QED) is 0.786. The molecule has 1 aromatic rings. The topological polar surface area (TPSA) is 50.4 Å². The van der Waals surface area contributed by atoms with Gasteiger partial charge in [-0.25, -0.2) is 0 Å². The Morgan fingerprint density at radius 2 is 2.06 bits per heavy atom. The van der Waals surface area contributed by atoms with Gasteiger partial charge in [-0.05, 0) is 50.1 Å². The first kappa shape index (κ1) is 11.9. The van der Waals surface area contributed by atoms with Crippen molar-refractivity contribution < 1.29 is 9.53 Å². The van der Waals surface area contributed by atoms with Gasteiger partial charge in [0, 0.05) is 5.69 Å². The van der Waals surface area contributed by atoms with Crippen molar-refractivity contribution in [1.29, 1.82) is 0 Å². The molecule has 0 aromatic heterocycles. The van der Waals surface area contributed by atoms with Gasteiger partial charge in [0.15, 0.2) is 0 Å². The number of likely N-dealkylation sites (N-methyl/N-ethyl adjacent to an activating group) is 1. The third-order valence-corrected chi connectivity index (χ3v) is 2.66. The Bertz CT molecular complexity index is 372. The number of carbonyl (C=O) groups is 1. The minimum atomic E-state index is -0.0425. The number of benzene rings is 1. The first-order chi connectivity index (χ1) is 8.28. The van der Waals surface area contributed by atoms with Crippen molar-refractivity contribution in [3.05, 3.63) is 24.3 Å². The van der Waals surface area contributed by atoms with Gasteiger partial charge in [0.1, 0.15) is 5.75 Å². The second-order valence-electron chi connectivity index (χ2n) is 4.36. The van der Waals surface area contributed by atoms with Crippen LogP contribution in [0.25, 0.3) is 0 Å². The Morgan fingerprint density at radius 1 is 1.35 bits per heavy atom. The summed E-state index contributed by atoms with van der Waals surface area (Å²) >= 11 is 0. The maximum absolute atomic E-state index is 11.3. The van der Waals surface area contributed by atoms with Crippen LogP contribution < -0.4 is 15.4 Å². The molecule has 4 nitrogen and oxygen atoms in total. The summed E-state index contributed by atoms with van der Waals surface area (Å²) < 4.78 is 5.61. The van der Waals surface area contributed by atoms with E-state index in [1.54, 1.807) is 7.05 Å². The summed E-state index contributed by atoms with van der Waals surface area (Å²) in [6.45, 7) is 1.13. The highest BCUT2D eigenvalue weighted by molar-refractivity contribution is 5.92. The van der Waals surface area contributed by atoms with Gasteiger partial charge < -0.3 is 15.4 Å². The minimum Gasteiger partial charge on any atom is -0.493 e. The average Bonchev–Trinajstić information content (AvgIpc) is 3.12. The largest absolute Gasteiger partial charge is 0.493 e. The SMILES string of the molecule is CNCC(=O)Nc1ccc(OCC2CC2)cc1. The normalized spacial score (nSPS) is 14.4. The molecule has 1 aliphatic rings. The lowest BCUT2D eigenvalue weighted by Crippen LogP contribution is -2.24. The van der Waals surface area contributed by atoms with Crippen LogP contribution in [0.3, 0.4) is 0 Å². The van der Waals surface area contributed by atoms with E-state index in [9.17, 15) is 4.79 Å². The molecule has 0 unspecified atom stereocenters. The zero-order valence-electron chi connectivity index (χ0n) is 10.0. The van der Waals surface area contributed by atoms with Crippen molar-refractivity contribution in [2.24, 2.45) is 5.92 Å². The second kappa shape index (κ2) is 5.68. The summed E-state index contributed by atoms with van der Waals surface area (Å²) in [6.07, 6.45) is 2.58. The van der Waals surface area contributed by atoms with E-state index < -0.39 is 0 Å². The molecule has 0 bridgehead atoms. The highest BCUT2D eigenvalue weighted by Gasteiger charge is 2.21. The molecule has 1 aliphatic carbocycles. The second-order valence-corrected chi connectivity index (χ2v) is 4.36. The molecule has 0 aliphatic heterocycles. The van der Waals surface area contributed by atoms with Crippen LogP contribution in [0.15, 0.2) is 24.3 Å². The molecule has 1 amide bonds. The van der Waals surface area contributed by atoms with Gasteiger partial charge in [-0.1, -0.05) is 0 Å². The Morgan fingerprint density at radius 3 is 2.65 bits per heavy atom. The Balaban J connectivity index is 1.81. The molecule has 0 saturated heterocycles. The number of carbonyl (C=O) groups excluding carboxylic acids is 1. The molecule has 1 saturated carbocycles. The van der Waals surface area contributed by atoms with Crippen molar-refractivity contribution >= 4 is 11.6 Å². The number of ether oxygens (including phenoxy) is 1. The number of hydrogen-bond donors (Lipinski definition) is 2. The van der Waals surface area contributed by atoms with E-state index in [0.29, 0.717) is 6.54 Å². The Hall–Kier alpha value is -1.55. The smallest absolute Gasteiger partial charge is 0.238 e. The number of amides is 1. The van der Waals surface area contributed by atoms with E-state index in [-0.39, 0.29) is 5.91 Å². The molecule has 17 heavy (non-hydrogen) atoms. The molecule has 4 heteroatoms. The summed E-state index contributed by atoms with van der Waals surface area (Å²) in [5.41, 5.74) is 0.795. The van der Waals surface area contributed by atoms with Crippen LogP contribution in [0.1, 0.15) is 12.8 Å². The summed E-state index contributed by atoms with van der Waals surface area (Å²) in [5, 5.41) is 5.59. The van der Waals surface area contributed by atoms with E-state index in [4.69, 9.17) is 4.74 Å². The molecule has 1 fully saturated rings. The fourth-order valence-electron chi connectivity index (χ4n) is 1.50. The lowest BCUT2D eigenvalue weighted by Gasteiger charge is -2.07. The minimum absolute atomic E-state index is 0.0425. The maximum Gasteiger partial charge on any atom is 0.238 e. The fourth-order valence-corrected chi connectivity index (χ4v) is 1.50. The molecule has 0 atom stereocenters. The average molecular weight is 234 g/mol. The highest BCUT2D eigenvalue weighted by Crippen LogP contribution is 2.29. The van der Waals surface area contributed by atoms with E-state index in [2.05, 4.69) is 10.6 Å². The van der Waals surface area contributed by atoms with E-state index in [1.165, 1.54) is 12.8 Å². The summed E-state index contributed by atoms with van der Waals surface area (Å²) in [5.74, 6) is 1.58. The highest BCUT2D eigenvalue weighted by atomic mass is 16.5. The number of hydrogen-bond acceptors (Lipinski definition) is 3. The maximum atomic E-state index is 11.3. The van der Waals surface area contributed by atoms with Crippen LogP contribution in [0.2, 0.25) is 0 Å². The number of rotatable bonds is 6. The zero-order chi connectivity index (χ0) is 12.1. The summed E-state index contributed by atoms with van der Waals surface area (Å²) in [6, 6.07) is 7.49. The van der Waals surface area contributed by atoms with Crippen LogP contribution >= 0.6 is 0 Å². The first-order valence-corrected chi connectivity index (χ1v) is 5.95. The molecule has 0 heterocycles. The number of nitrogens with one attached hydrogen (secondary N) is 2. The van der Waals surface area contributed by atoms with E-state index in [0.717, 1.165) is 24.0 Å². The van der Waals surface area contributed by atoms with Crippen LogP contribution in [-0.2, 0) is 4.79 Å².